The van der Waals surface area contributed by atoms with Crippen molar-refractivity contribution in [2.45, 2.75) is 63.8 Å². The lowest BCUT2D eigenvalue weighted by atomic mass is 9.47. The van der Waals surface area contributed by atoms with E-state index < -0.39 is 0 Å². The maximum atomic E-state index is 5.39. The molecule has 0 amide bonds. The Balaban J connectivity index is 1.71. The molecule has 1 heteroatoms. The van der Waals surface area contributed by atoms with Gasteiger partial charge in [-0.15, -0.1) is 12.3 Å². The molecule has 0 heterocycles. The zero-order valence-electron chi connectivity index (χ0n) is 11.8. The molecule has 1 N–H and O–H groups in total. The van der Waals surface area contributed by atoms with E-state index in [1.165, 1.54) is 32.1 Å². The Bertz CT molecular complexity index is 303. The number of nitrogens with one attached hydrogen (secondary N) is 1. The minimum atomic E-state index is 0.637. The van der Waals surface area contributed by atoms with Crippen LogP contribution < -0.4 is 5.32 Å². The first kappa shape index (κ1) is 12.5. The van der Waals surface area contributed by atoms with Crippen molar-refractivity contribution in [3.05, 3.63) is 0 Å². The van der Waals surface area contributed by atoms with Gasteiger partial charge in [-0.2, -0.15) is 0 Å². The molecular weight excluding hydrogens is 218 g/mol. The van der Waals surface area contributed by atoms with Crippen molar-refractivity contribution in [3.63, 3.8) is 0 Å². The van der Waals surface area contributed by atoms with Crippen LogP contribution in [0.4, 0.5) is 0 Å². The lowest BCUT2D eigenvalue weighted by Gasteiger charge is -2.59. The van der Waals surface area contributed by atoms with Crippen molar-refractivity contribution >= 4 is 0 Å². The minimum Gasteiger partial charge on any atom is -0.316 e. The van der Waals surface area contributed by atoms with Crippen molar-refractivity contribution < 1.29 is 0 Å². The standard InChI is InChI=1S/C17H27N/c1-3-4-5-6-16(18-2)17-10-13-7-14(11-17)9-15(8-13)12-17/h1,13-16,18H,4-12H2,2H3. The molecule has 1 unspecified atom stereocenters. The molecule has 0 aliphatic heterocycles. The normalized spacial score (nSPS) is 42.8. The molecular formula is C17H27N. The molecule has 0 aromatic rings. The molecule has 4 aliphatic rings. The smallest absolute Gasteiger partial charge is 0.0121 e. The highest BCUT2D eigenvalue weighted by atomic mass is 14.9. The molecule has 0 aromatic heterocycles. The van der Waals surface area contributed by atoms with Gasteiger partial charge in [0.1, 0.15) is 0 Å². The lowest BCUT2D eigenvalue weighted by Crippen LogP contribution is -2.55. The lowest BCUT2D eigenvalue weighted by molar-refractivity contribution is -0.0741. The van der Waals surface area contributed by atoms with Crippen molar-refractivity contribution in [2.24, 2.45) is 23.2 Å². The fraction of sp³-hybridized carbons (Fsp3) is 0.882. The van der Waals surface area contributed by atoms with Crippen LogP contribution in [-0.2, 0) is 0 Å². The summed E-state index contributed by atoms with van der Waals surface area (Å²) in [6.07, 6.45) is 18.0. The SMILES string of the molecule is C#CCCCC(NC)C12CC3CC(CC(C3)C1)C2. The van der Waals surface area contributed by atoms with E-state index in [0.717, 1.165) is 30.2 Å². The molecule has 0 radical (unpaired) electrons. The first-order valence-corrected chi connectivity index (χ1v) is 7.86. The van der Waals surface area contributed by atoms with Gasteiger partial charge in [0, 0.05) is 12.5 Å². The van der Waals surface area contributed by atoms with Crippen LogP contribution in [0.25, 0.3) is 0 Å². The van der Waals surface area contributed by atoms with E-state index >= 15 is 0 Å². The third-order valence-electron chi connectivity index (χ3n) is 5.99. The minimum absolute atomic E-state index is 0.637. The molecule has 0 saturated heterocycles. The molecule has 100 valence electrons. The number of rotatable bonds is 5. The largest absolute Gasteiger partial charge is 0.316 e. The average molecular weight is 245 g/mol. The van der Waals surface area contributed by atoms with Crippen molar-refractivity contribution in [3.8, 4) is 12.3 Å². The van der Waals surface area contributed by atoms with Gasteiger partial charge in [0.05, 0.1) is 0 Å². The summed E-state index contributed by atoms with van der Waals surface area (Å²) >= 11 is 0. The molecule has 4 fully saturated rings. The summed E-state index contributed by atoms with van der Waals surface area (Å²) in [6.45, 7) is 0. The molecule has 1 nitrogen and oxygen atoms in total. The number of terminal acetylenes is 1. The topological polar surface area (TPSA) is 12.0 Å². The van der Waals surface area contributed by atoms with Gasteiger partial charge in [0.2, 0.25) is 0 Å². The Morgan fingerprint density at radius 3 is 2.17 bits per heavy atom. The van der Waals surface area contributed by atoms with Crippen LogP contribution in [0, 0.1) is 35.5 Å². The molecule has 0 spiro atoms. The molecule has 18 heavy (non-hydrogen) atoms. The van der Waals surface area contributed by atoms with Gasteiger partial charge in [-0.05, 0) is 81.6 Å². The molecule has 1 atom stereocenters. The van der Waals surface area contributed by atoms with E-state index in [9.17, 15) is 0 Å². The van der Waals surface area contributed by atoms with E-state index in [1.54, 1.807) is 19.3 Å². The van der Waals surface area contributed by atoms with E-state index in [-0.39, 0.29) is 0 Å². The Morgan fingerprint density at radius 2 is 1.72 bits per heavy atom. The van der Waals surface area contributed by atoms with Crippen molar-refractivity contribution in [1.82, 2.24) is 5.32 Å². The average Bonchev–Trinajstić information content (AvgIpc) is 2.32. The summed E-state index contributed by atoms with van der Waals surface area (Å²) in [4.78, 5) is 0. The molecule has 4 rings (SSSR count). The second kappa shape index (κ2) is 4.89. The van der Waals surface area contributed by atoms with Crippen LogP contribution in [0.15, 0.2) is 0 Å². The van der Waals surface area contributed by atoms with E-state index in [4.69, 9.17) is 6.42 Å². The summed E-state index contributed by atoms with van der Waals surface area (Å²) in [7, 11) is 2.17. The second-order valence-electron chi connectivity index (χ2n) is 7.22. The predicted molar refractivity (Wildman–Crippen MR) is 76.1 cm³/mol. The molecule has 0 aromatic carbocycles. The summed E-state index contributed by atoms with van der Waals surface area (Å²) < 4.78 is 0. The molecule has 4 bridgehead atoms. The van der Waals surface area contributed by atoms with Crippen LogP contribution in [-0.4, -0.2) is 13.1 Å². The van der Waals surface area contributed by atoms with Gasteiger partial charge in [0.25, 0.3) is 0 Å². The van der Waals surface area contributed by atoms with Gasteiger partial charge < -0.3 is 5.32 Å². The summed E-state index contributed by atoms with van der Waals surface area (Å²) in [5.41, 5.74) is 0.637. The van der Waals surface area contributed by atoms with Crippen molar-refractivity contribution in [2.75, 3.05) is 7.05 Å². The Hall–Kier alpha value is -0.480. The van der Waals surface area contributed by atoms with Crippen molar-refractivity contribution in [1.29, 1.82) is 0 Å². The summed E-state index contributed by atoms with van der Waals surface area (Å²) in [6, 6.07) is 0.722. The number of hydrogen-bond acceptors (Lipinski definition) is 1. The zero-order chi connectivity index (χ0) is 12.6. The van der Waals surface area contributed by atoms with Crippen LogP contribution in [0.3, 0.4) is 0 Å². The second-order valence-corrected chi connectivity index (χ2v) is 7.22. The maximum Gasteiger partial charge on any atom is 0.0121 e. The van der Waals surface area contributed by atoms with Gasteiger partial charge >= 0.3 is 0 Å². The van der Waals surface area contributed by atoms with Gasteiger partial charge in [0.15, 0.2) is 0 Å². The van der Waals surface area contributed by atoms with Gasteiger partial charge in [-0.25, -0.2) is 0 Å². The predicted octanol–water partition coefficient (Wildman–Crippen LogP) is 3.59. The van der Waals surface area contributed by atoms with E-state index in [2.05, 4.69) is 18.3 Å². The number of unbranched alkanes of at least 4 members (excludes halogenated alkanes) is 1. The third kappa shape index (κ3) is 2.10. The highest BCUT2D eigenvalue weighted by Crippen LogP contribution is 2.61. The number of hydrogen-bond donors (Lipinski definition) is 1. The van der Waals surface area contributed by atoms with Gasteiger partial charge in [-0.1, -0.05) is 0 Å². The summed E-state index contributed by atoms with van der Waals surface area (Å²) in [5.74, 6) is 5.96. The van der Waals surface area contributed by atoms with E-state index in [0.29, 0.717) is 5.41 Å². The van der Waals surface area contributed by atoms with Crippen LogP contribution in [0.2, 0.25) is 0 Å². The van der Waals surface area contributed by atoms with E-state index in [1.807, 2.05) is 0 Å². The zero-order valence-corrected chi connectivity index (χ0v) is 11.8. The monoisotopic (exact) mass is 245 g/mol. The highest BCUT2D eigenvalue weighted by Gasteiger charge is 2.53. The Morgan fingerprint density at radius 1 is 1.17 bits per heavy atom. The van der Waals surface area contributed by atoms with Crippen LogP contribution in [0.1, 0.15) is 57.8 Å². The fourth-order valence-corrected chi connectivity index (χ4v) is 5.77. The maximum absolute atomic E-state index is 5.39. The first-order valence-electron chi connectivity index (χ1n) is 7.86. The highest BCUT2D eigenvalue weighted by molar-refractivity contribution is 5.06. The summed E-state index contributed by atoms with van der Waals surface area (Å²) in [5, 5.41) is 3.65. The Labute approximate surface area is 112 Å². The van der Waals surface area contributed by atoms with Gasteiger partial charge in [-0.3, -0.25) is 0 Å². The van der Waals surface area contributed by atoms with Crippen LogP contribution in [0.5, 0.6) is 0 Å². The van der Waals surface area contributed by atoms with Crippen LogP contribution >= 0.6 is 0 Å². The Kier molecular flexibility index (Phi) is 3.41. The first-order chi connectivity index (χ1) is 8.75. The molecule has 4 saturated carbocycles. The fourth-order valence-electron chi connectivity index (χ4n) is 5.77. The third-order valence-corrected chi connectivity index (χ3v) is 5.99. The quantitative estimate of drug-likeness (QED) is 0.576. The molecule has 4 aliphatic carbocycles.